The summed E-state index contributed by atoms with van der Waals surface area (Å²) in [5.74, 6) is 0.416. The van der Waals surface area contributed by atoms with Gasteiger partial charge in [0.25, 0.3) is 5.91 Å². The Hall–Kier alpha value is -3.19. The summed E-state index contributed by atoms with van der Waals surface area (Å²) in [6.07, 6.45) is 0. The van der Waals surface area contributed by atoms with Gasteiger partial charge in [-0.2, -0.15) is 0 Å². The molecule has 0 saturated heterocycles. The van der Waals surface area contributed by atoms with Gasteiger partial charge in [0.05, 0.1) is 5.56 Å². The summed E-state index contributed by atoms with van der Waals surface area (Å²) in [6.45, 7) is 0. The molecule has 0 aliphatic rings. The first-order valence-corrected chi connectivity index (χ1v) is 10.2. The lowest BCUT2D eigenvalue weighted by Gasteiger charge is -2.06. The third kappa shape index (κ3) is 3.49. The monoisotopic (exact) mass is 490 g/mol. The first-order valence-electron chi connectivity index (χ1n) is 9.13. The normalized spacial score (nSPS) is 11.1. The lowest BCUT2D eigenvalue weighted by Crippen LogP contribution is -2.13. The van der Waals surface area contributed by atoms with Crippen molar-refractivity contribution < 1.29 is 9.21 Å². The van der Waals surface area contributed by atoms with Crippen LogP contribution in [0.1, 0.15) is 10.4 Å². The maximum absolute atomic E-state index is 12.6. The second-order valence-corrected chi connectivity index (χ2v) is 7.86. The number of carbonyl (C=O) groups is 1. The van der Waals surface area contributed by atoms with E-state index in [1.807, 2.05) is 60.7 Å². The Kier molecular flexibility index (Phi) is 4.52. The van der Waals surface area contributed by atoms with E-state index in [9.17, 15) is 4.79 Å². The Morgan fingerprint density at radius 1 is 0.862 bits per heavy atom. The Labute approximate surface area is 180 Å². The molecule has 5 heteroatoms. The van der Waals surface area contributed by atoms with Crippen molar-refractivity contribution in [3.63, 3.8) is 0 Å². The standard InChI is InChI=1S/C24H15IN2O2/c25-20-8-4-3-7-19(20)23(28)26-18-11-12-22-21(14-18)27-24(29-22)17-10-9-15-5-1-2-6-16(15)13-17/h1-14H,(H,26,28). The number of hydrogen-bond donors (Lipinski definition) is 1. The number of benzene rings is 4. The van der Waals surface area contributed by atoms with Gasteiger partial charge >= 0.3 is 0 Å². The number of aromatic nitrogens is 1. The van der Waals surface area contributed by atoms with Crippen molar-refractivity contribution in [1.29, 1.82) is 0 Å². The first kappa shape index (κ1) is 17.9. The second kappa shape index (κ2) is 7.33. The van der Waals surface area contributed by atoms with Gasteiger partial charge in [-0.3, -0.25) is 4.79 Å². The van der Waals surface area contributed by atoms with Crippen molar-refractivity contribution in [2.45, 2.75) is 0 Å². The maximum atomic E-state index is 12.6. The van der Waals surface area contributed by atoms with Crippen LogP contribution in [0, 0.1) is 3.57 Å². The minimum absolute atomic E-state index is 0.146. The zero-order valence-corrected chi connectivity index (χ0v) is 17.4. The van der Waals surface area contributed by atoms with Crippen molar-refractivity contribution in [2.24, 2.45) is 0 Å². The molecule has 0 radical (unpaired) electrons. The fourth-order valence-electron chi connectivity index (χ4n) is 3.29. The maximum Gasteiger partial charge on any atom is 0.256 e. The summed E-state index contributed by atoms with van der Waals surface area (Å²) in [6, 6.07) is 27.3. The van der Waals surface area contributed by atoms with Crippen molar-refractivity contribution >= 4 is 56.1 Å². The molecule has 0 saturated carbocycles. The minimum atomic E-state index is -0.146. The fraction of sp³-hybridized carbons (Fsp3) is 0. The fourth-order valence-corrected chi connectivity index (χ4v) is 3.93. The van der Waals surface area contributed by atoms with Gasteiger partial charge < -0.3 is 9.73 Å². The van der Waals surface area contributed by atoms with Crippen molar-refractivity contribution in [3.8, 4) is 11.5 Å². The van der Waals surface area contributed by atoms with Gasteiger partial charge in [-0.1, -0.05) is 42.5 Å². The molecular weight excluding hydrogens is 475 g/mol. The molecule has 0 aliphatic carbocycles. The van der Waals surface area contributed by atoms with E-state index in [2.05, 4.69) is 57.2 Å². The number of rotatable bonds is 3. The quantitative estimate of drug-likeness (QED) is 0.294. The SMILES string of the molecule is O=C(Nc1ccc2oc(-c3ccc4ccccc4c3)nc2c1)c1ccccc1I. The van der Waals surface area contributed by atoms with E-state index in [0.717, 1.165) is 14.5 Å². The molecule has 5 aromatic rings. The van der Waals surface area contributed by atoms with Crippen molar-refractivity contribution in [3.05, 3.63) is 94.1 Å². The lowest BCUT2D eigenvalue weighted by molar-refractivity contribution is 0.102. The van der Waals surface area contributed by atoms with E-state index in [1.54, 1.807) is 0 Å². The molecule has 5 rings (SSSR count). The first-order chi connectivity index (χ1) is 14.2. The third-order valence-corrected chi connectivity index (χ3v) is 5.70. The number of halogens is 1. The summed E-state index contributed by atoms with van der Waals surface area (Å²) in [5.41, 5.74) is 3.63. The summed E-state index contributed by atoms with van der Waals surface area (Å²) < 4.78 is 6.85. The van der Waals surface area contributed by atoms with Crippen LogP contribution in [0.4, 0.5) is 5.69 Å². The van der Waals surface area contributed by atoms with E-state index >= 15 is 0 Å². The van der Waals surface area contributed by atoms with E-state index in [1.165, 1.54) is 5.39 Å². The van der Waals surface area contributed by atoms with Crippen molar-refractivity contribution in [1.82, 2.24) is 4.98 Å². The van der Waals surface area contributed by atoms with Crippen LogP contribution in [-0.4, -0.2) is 10.9 Å². The van der Waals surface area contributed by atoms with E-state index in [-0.39, 0.29) is 5.91 Å². The van der Waals surface area contributed by atoms with Gasteiger partial charge in [0.1, 0.15) is 5.52 Å². The van der Waals surface area contributed by atoms with Gasteiger partial charge in [0, 0.05) is 14.8 Å². The van der Waals surface area contributed by atoms with Crippen molar-refractivity contribution in [2.75, 3.05) is 5.32 Å². The smallest absolute Gasteiger partial charge is 0.256 e. The van der Waals surface area contributed by atoms with E-state index in [0.29, 0.717) is 28.2 Å². The average molecular weight is 490 g/mol. The Morgan fingerprint density at radius 3 is 2.52 bits per heavy atom. The molecule has 140 valence electrons. The minimum Gasteiger partial charge on any atom is -0.436 e. The highest BCUT2D eigenvalue weighted by molar-refractivity contribution is 14.1. The van der Waals surface area contributed by atoms with Crippen LogP contribution in [0.15, 0.2) is 89.3 Å². The number of fused-ring (bicyclic) bond motifs is 2. The van der Waals surface area contributed by atoms with Crippen LogP contribution in [0.3, 0.4) is 0 Å². The molecule has 0 bridgehead atoms. The van der Waals surface area contributed by atoms with Crippen LogP contribution >= 0.6 is 22.6 Å². The molecule has 0 spiro atoms. The summed E-state index contributed by atoms with van der Waals surface area (Å²) in [7, 11) is 0. The second-order valence-electron chi connectivity index (χ2n) is 6.70. The zero-order valence-electron chi connectivity index (χ0n) is 15.2. The van der Waals surface area contributed by atoms with Gasteiger partial charge in [-0.05, 0) is 75.8 Å². The van der Waals surface area contributed by atoms with Crippen LogP contribution in [0.25, 0.3) is 33.3 Å². The Bertz CT molecular complexity index is 1370. The van der Waals surface area contributed by atoms with Gasteiger partial charge in [0.2, 0.25) is 5.89 Å². The number of nitrogens with zero attached hydrogens (tertiary/aromatic N) is 1. The molecule has 29 heavy (non-hydrogen) atoms. The molecule has 0 fully saturated rings. The van der Waals surface area contributed by atoms with Crippen LogP contribution in [0.5, 0.6) is 0 Å². The predicted molar refractivity (Wildman–Crippen MR) is 124 cm³/mol. The lowest BCUT2D eigenvalue weighted by atomic mass is 10.1. The highest BCUT2D eigenvalue weighted by Gasteiger charge is 2.12. The van der Waals surface area contributed by atoms with E-state index in [4.69, 9.17) is 4.42 Å². The molecular formula is C24H15IN2O2. The highest BCUT2D eigenvalue weighted by Crippen LogP contribution is 2.28. The summed E-state index contributed by atoms with van der Waals surface area (Å²) in [4.78, 5) is 17.2. The molecule has 1 heterocycles. The molecule has 4 nitrogen and oxygen atoms in total. The number of nitrogens with one attached hydrogen (secondary N) is 1. The van der Waals surface area contributed by atoms with Gasteiger partial charge in [-0.15, -0.1) is 0 Å². The third-order valence-electron chi connectivity index (χ3n) is 4.76. The number of anilines is 1. The molecule has 1 aromatic heterocycles. The van der Waals surface area contributed by atoms with Gasteiger partial charge in [0.15, 0.2) is 5.58 Å². The molecule has 0 unspecified atom stereocenters. The van der Waals surface area contributed by atoms with E-state index < -0.39 is 0 Å². The molecule has 0 aliphatic heterocycles. The Morgan fingerprint density at radius 2 is 1.66 bits per heavy atom. The molecule has 1 N–H and O–H groups in total. The van der Waals surface area contributed by atoms with Crippen LogP contribution in [-0.2, 0) is 0 Å². The zero-order chi connectivity index (χ0) is 19.8. The van der Waals surface area contributed by atoms with Gasteiger partial charge in [-0.25, -0.2) is 4.98 Å². The highest BCUT2D eigenvalue weighted by atomic mass is 127. The van der Waals surface area contributed by atoms with Crippen LogP contribution in [0.2, 0.25) is 0 Å². The van der Waals surface area contributed by atoms with Crippen LogP contribution < -0.4 is 5.32 Å². The molecule has 4 aromatic carbocycles. The Balaban J connectivity index is 1.46. The largest absolute Gasteiger partial charge is 0.436 e. The topological polar surface area (TPSA) is 55.1 Å². The number of carbonyl (C=O) groups excluding carboxylic acids is 1. The number of amides is 1. The molecule has 1 amide bonds. The average Bonchev–Trinajstić information content (AvgIpc) is 3.17. The molecule has 0 atom stereocenters. The number of hydrogen-bond acceptors (Lipinski definition) is 3. The summed E-state index contributed by atoms with van der Waals surface area (Å²) in [5, 5.41) is 5.25. The number of oxazole rings is 1. The summed E-state index contributed by atoms with van der Waals surface area (Å²) >= 11 is 2.16. The predicted octanol–water partition coefficient (Wildman–Crippen LogP) is 6.50.